The van der Waals surface area contributed by atoms with Gasteiger partial charge in [0.25, 0.3) is 5.56 Å². The fraction of sp³-hybridized carbons (Fsp3) is 0.200. The Labute approximate surface area is 144 Å². The van der Waals surface area contributed by atoms with Gasteiger partial charge < -0.3 is 10.1 Å². The van der Waals surface area contributed by atoms with Crippen molar-refractivity contribution in [3.8, 4) is 5.75 Å². The summed E-state index contributed by atoms with van der Waals surface area (Å²) in [5, 5.41) is 5.56. The molecule has 0 saturated carbocycles. The van der Waals surface area contributed by atoms with Crippen molar-refractivity contribution in [2.75, 3.05) is 12.4 Å². The van der Waals surface area contributed by atoms with E-state index in [1.165, 1.54) is 14.2 Å². The molecule has 2 aromatic heterocycles. The number of anilines is 2. The van der Waals surface area contributed by atoms with Gasteiger partial charge in [-0.2, -0.15) is 13.2 Å². The van der Waals surface area contributed by atoms with Crippen LogP contribution in [0.2, 0.25) is 5.02 Å². The molecule has 2 N–H and O–H groups in total. The maximum Gasteiger partial charge on any atom is 0.433 e. The topological polar surface area (TPSA) is 71.9 Å². The molecule has 3 aromatic rings. The Bertz CT molecular complexity index is 1010. The lowest BCUT2D eigenvalue weighted by atomic mass is 10.2. The van der Waals surface area contributed by atoms with Crippen molar-refractivity contribution in [1.29, 1.82) is 0 Å². The first kappa shape index (κ1) is 17.2. The molecular weight excluding hydrogens is 361 g/mol. The zero-order valence-electron chi connectivity index (χ0n) is 13.0. The van der Waals surface area contributed by atoms with Gasteiger partial charge >= 0.3 is 6.18 Å². The monoisotopic (exact) mass is 372 g/mol. The molecule has 0 bridgehead atoms. The number of aryl methyl sites for hydroxylation is 1. The number of halogens is 4. The number of methoxy groups -OCH3 is 1. The molecule has 0 fully saturated rings. The van der Waals surface area contributed by atoms with Crippen molar-refractivity contribution >= 4 is 34.0 Å². The van der Waals surface area contributed by atoms with Gasteiger partial charge in [-0.1, -0.05) is 17.7 Å². The summed E-state index contributed by atoms with van der Waals surface area (Å²) in [6, 6.07) is 5.52. The third-order valence-corrected chi connectivity index (χ3v) is 3.84. The molecule has 6 nitrogen and oxygen atoms in total. The van der Waals surface area contributed by atoms with Crippen molar-refractivity contribution in [3.05, 3.63) is 45.3 Å². The summed E-state index contributed by atoms with van der Waals surface area (Å²) in [7, 11) is 2.77. The molecule has 132 valence electrons. The number of rotatable bonds is 3. The number of alkyl halides is 3. The molecule has 0 spiro atoms. The summed E-state index contributed by atoms with van der Waals surface area (Å²) in [6.45, 7) is 0. The Balaban J connectivity index is 2.25. The van der Waals surface area contributed by atoms with Crippen molar-refractivity contribution in [3.63, 3.8) is 0 Å². The second kappa shape index (κ2) is 5.99. The standard InChI is InChI=1S/C15H12ClF3N4O2/c1-23-14(24)11-9(6-10(15(17,18)19)21-13(11)22-23)20-8-5-3-4-7(16)12(8)25-2/h3-6H,1-2H3,(H2,20,21,22). The Kier molecular flexibility index (Phi) is 4.11. The fourth-order valence-electron chi connectivity index (χ4n) is 2.42. The molecular formula is C15H12ClF3N4O2. The van der Waals surface area contributed by atoms with Crippen molar-refractivity contribution in [1.82, 2.24) is 14.8 Å². The summed E-state index contributed by atoms with van der Waals surface area (Å²) in [6.07, 6.45) is -4.67. The number of nitrogens with one attached hydrogen (secondary N) is 2. The van der Waals surface area contributed by atoms with Gasteiger partial charge in [0.2, 0.25) is 0 Å². The van der Waals surface area contributed by atoms with E-state index in [0.29, 0.717) is 5.69 Å². The highest BCUT2D eigenvalue weighted by Crippen LogP contribution is 2.37. The summed E-state index contributed by atoms with van der Waals surface area (Å²) in [5.74, 6) is 0.245. The molecule has 0 amide bonds. The van der Waals surface area contributed by atoms with E-state index >= 15 is 0 Å². The van der Waals surface area contributed by atoms with Crippen molar-refractivity contribution < 1.29 is 17.9 Å². The number of pyridine rings is 1. The molecule has 10 heteroatoms. The number of benzene rings is 1. The van der Waals surface area contributed by atoms with Gasteiger partial charge in [0.15, 0.2) is 11.4 Å². The van der Waals surface area contributed by atoms with Gasteiger partial charge in [-0.3, -0.25) is 14.6 Å². The highest BCUT2D eigenvalue weighted by molar-refractivity contribution is 6.32. The summed E-state index contributed by atoms with van der Waals surface area (Å²) < 4.78 is 45.6. The highest BCUT2D eigenvalue weighted by Gasteiger charge is 2.34. The van der Waals surface area contributed by atoms with E-state index in [1.807, 2.05) is 0 Å². The maximum absolute atomic E-state index is 13.1. The van der Waals surface area contributed by atoms with Gasteiger partial charge in [0.1, 0.15) is 11.1 Å². The summed E-state index contributed by atoms with van der Waals surface area (Å²) in [5.41, 5.74) is -1.56. The number of nitrogens with zero attached hydrogens (tertiary/aromatic N) is 2. The molecule has 0 saturated heterocycles. The quantitative estimate of drug-likeness (QED) is 0.735. The molecule has 0 aliphatic carbocycles. The zero-order chi connectivity index (χ0) is 18.4. The Morgan fingerprint density at radius 3 is 2.68 bits per heavy atom. The Hall–Kier alpha value is -2.68. The van der Waals surface area contributed by atoms with Crippen LogP contribution >= 0.6 is 11.6 Å². The predicted molar refractivity (Wildman–Crippen MR) is 87.6 cm³/mol. The summed E-state index contributed by atoms with van der Waals surface area (Å²) >= 11 is 6.02. The minimum atomic E-state index is -4.67. The van der Waals surface area contributed by atoms with Gasteiger partial charge in [0.05, 0.1) is 23.5 Å². The molecule has 0 radical (unpaired) electrons. The second-order valence-corrected chi connectivity index (χ2v) is 5.61. The van der Waals surface area contributed by atoms with E-state index in [-0.39, 0.29) is 27.5 Å². The van der Waals surface area contributed by atoms with Gasteiger partial charge in [-0.15, -0.1) is 0 Å². The van der Waals surface area contributed by atoms with Crippen LogP contribution < -0.4 is 15.6 Å². The SMILES string of the molecule is COc1c(Cl)cccc1Nc1cc(C(F)(F)F)nc2[nH]n(C)c(=O)c12. The highest BCUT2D eigenvalue weighted by atomic mass is 35.5. The van der Waals surface area contributed by atoms with Gasteiger partial charge in [-0.05, 0) is 18.2 Å². The predicted octanol–water partition coefficient (Wildman–Crippen LogP) is 3.69. The lowest BCUT2D eigenvalue weighted by Gasteiger charge is -2.14. The van der Waals surface area contributed by atoms with Crippen LogP contribution in [0.3, 0.4) is 0 Å². The first-order chi connectivity index (χ1) is 11.7. The van der Waals surface area contributed by atoms with Crippen LogP contribution in [0.4, 0.5) is 24.5 Å². The van der Waals surface area contributed by atoms with E-state index in [0.717, 1.165) is 10.7 Å². The number of fused-ring (bicyclic) bond motifs is 1. The molecule has 1 aromatic carbocycles. The molecule has 2 heterocycles. The number of hydrogen-bond donors (Lipinski definition) is 2. The van der Waals surface area contributed by atoms with E-state index in [4.69, 9.17) is 16.3 Å². The number of para-hydroxylation sites is 1. The normalized spacial score (nSPS) is 11.8. The van der Waals surface area contributed by atoms with Crippen LogP contribution in [0.15, 0.2) is 29.1 Å². The second-order valence-electron chi connectivity index (χ2n) is 5.20. The van der Waals surface area contributed by atoms with E-state index in [2.05, 4.69) is 15.4 Å². The zero-order valence-corrected chi connectivity index (χ0v) is 13.8. The first-order valence-corrected chi connectivity index (χ1v) is 7.36. The first-order valence-electron chi connectivity index (χ1n) is 6.99. The maximum atomic E-state index is 13.1. The minimum absolute atomic E-state index is 0.00229. The largest absolute Gasteiger partial charge is 0.493 e. The number of aromatic amines is 1. The van der Waals surface area contributed by atoms with E-state index < -0.39 is 17.4 Å². The third kappa shape index (κ3) is 3.02. The average Bonchev–Trinajstić information content (AvgIpc) is 2.81. The summed E-state index contributed by atoms with van der Waals surface area (Å²) in [4.78, 5) is 15.7. The smallest absolute Gasteiger partial charge is 0.433 e. The van der Waals surface area contributed by atoms with Crippen LogP contribution in [0, 0.1) is 0 Å². The van der Waals surface area contributed by atoms with Crippen LogP contribution in [0.5, 0.6) is 5.75 Å². The van der Waals surface area contributed by atoms with Crippen molar-refractivity contribution in [2.45, 2.75) is 6.18 Å². The van der Waals surface area contributed by atoms with Crippen LogP contribution in [-0.4, -0.2) is 21.9 Å². The minimum Gasteiger partial charge on any atom is -0.493 e. The lowest BCUT2D eigenvalue weighted by Crippen LogP contribution is -2.13. The van der Waals surface area contributed by atoms with Crippen LogP contribution in [0.25, 0.3) is 11.0 Å². The molecule has 25 heavy (non-hydrogen) atoms. The van der Waals surface area contributed by atoms with E-state index in [9.17, 15) is 18.0 Å². The van der Waals surface area contributed by atoms with Crippen LogP contribution in [-0.2, 0) is 13.2 Å². The third-order valence-electron chi connectivity index (χ3n) is 3.54. The fourth-order valence-corrected chi connectivity index (χ4v) is 2.68. The number of hydrogen-bond acceptors (Lipinski definition) is 4. The molecule has 0 atom stereocenters. The lowest BCUT2D eigenvalue weighted by molar-refractivity contribution is -0.140. The van der Waals surface area contributed by atoms with E-state index in [1.54, 1.807) is 18.2 Å². The molecule has 0 aliphatic heterocycles. The van der Waals surface area contributed by atoms with Crippen molar-refractivity contribution in [2.24, 2.45) is 7.05 Å². The molecule has 0 aliphatic rings. The number of aromatic nitrogens is 3. The number of ether oxygens (including phenoxy) is 1. The average molecular weight is 373 g/mol. The molecule has 3 rings (SSSR count). The Morgan fingerprint density at radius 2 is 2.04 bits per heavy atom. The van der Waals surface area contributed by atoms with Gasteiger partial charge in [0, 0.05) is 7.05 Å². The Morgan fingerprint density at radius 1 is 1.32 bits per heavy atom. The molecule has 0 unspecified atom stereocenters. The van der Waals surface area contributed by atoms with Gasteiger partial charge in [-0.25, -0.2) is 4.98 Å². The number of H-pyrrole nitrogens is 1. The van der Waals surface area contributed by atoms with Crippen LogP contribution in [0.1, 0.15) is 5.69 Å².